The van der Waals surface area contributed by atoms with Gasteiger partial charge in [-0.05, 0) is 31.4 Å². The Morgan fingerprint density at radius 1 is 1.26 bits per heavy atom. The van der Waals surface area contributed by atoms with Crippen LogP contribution in [0.2, 0.25) is 0 Å². The van der Waals surface area contributed by atoms with Crippen LogP contribution in [-0.4, -0.2) is 57.6 Å². The smallest absolute Gasteiger partial charge is 0.109 e. The number of rotatable bonds is 2. The van der Waals surface area contributed by atoms with Gasteiger partial charge in [0.2, 0.25) is 0 Å². The third-order valence-electron chi connectivity index (χ3n) is 5.11. The summed E-state index contributed by atoms with van der Waals surface area (Å²) in [7, 11) is 0. The molecule has 4 rings (SSSR count). The second-order valence-corrected chi connectivity index (χ2v) is 7.68. The molecule has 3 heterocycles. The third kappa shape index (κ3) is 2.90. The Bertz CT molecular complexity index is 648. The molecule has 2 saturated heterocycles. The third-order valence-corrected chi connectivity index (χ3v) is 6.13. The molecule has 1 aromatic heterocycles. The van der Waals surface area contributed by atoms with Crippen LogP contribution in [0.15, 0.2) is 24.3 Å². The normalized spacial score (nSPS) is 28.4. The highest BCUT2D eigenvalue weighted by Crippen LogP contribution is 2.36. The van der Waals surface area contributed by atoms with E-state index in [1.807, 2.05) is 18.2 Å². The van der Waals surface area contributed by atoms with Gasteiger partial charge >= 0.3 is 0 Å². The average Bonchev–Trinajstić information content (AvgIpc) is 2.97. The molecule has 2 fully saturated rings. The molecule has 23 heavy (non-hydrogen) atoms. The molecule has 6 heteroatoms. The Labute approximate surface area is 139 Å². The van der Waals surface area contributed by atoms with Crippen molar-refractivity contribution in [1.29, 1.82) is 0 Å². The lowest BCUT2D eigenvalue weighted by atomic mass is 9.80. The van der Waals surface area contributed by atoms with Crippen molar-refractivity contribution in [2.75, 3.05) is 19.7 Å². The van der Waals surface area contributed by atoms with E-state index in [0.29, 0.717) is 13.0 Å². The topological polar surface area (TPSA) is 65.8 Å². The second kappa shape index (κ2) is 6.11. The molecular weight excluding hydrogens is 312 g/mol. The van der Waals surface area contributed by atoms with Crippen molar-refractivity contribution in [3.63, 3.8) is 0 Å². The van der Waals surface area contributed by atoms with Gasteiger partial charge in [0.15, 0.2) is 0 Å². The molecule has 2 N–H and O–H groups in total. The van der Waals surface area contributed by atoms with Crippen LogP contribution in [0.3, 0.4) is 0 Å². The molecule has 0 bridgehead atoms. The van der Waals surface area contributed by atoms with Crippen LogP contribution in [0.25, 0.3) is 10.2 Å². The number of hydrogen-bond donors (Lipinski definition) is 2. The molecule has 0 unspecified atom stereocenters. The number of nitrogens with zero attached hydrogens (tertiary/aromatic N) is 2. The number of para-hydroxylation sites is 1. The van der Waals surface area contributed by atoms with Crippen LogP contribution in [0.5, 0.6) is 0 Å². The largest absolute Gasteiger partial charge is 0.390 e. The van der Waals surface area contributed by atoms with Crippen molar-refractivity contribution in [2.24, 2.45) is 0 Å². The van der Waals surface area contributed by atoms with Gasteiger partial charge < -0.3 is 14.9 Å². The summed E-state index contributed by atoms with van der Waals surface area (Å²) in [6.07, 6.45) is 0.630. The fraction of sp³-hybridized carbons (Fsp3) is 0.588. The molecule has 1 spiro atoms. The van der Waals surface area contributed by atoms with Gasteiger partial charge in [0.05, 0.1) is 35.1 Å². The molecule has 2 atom stereocenters. The Morgan fingerprint density at radius 3 is 2.83 bits per heavy atom. The van der Waals surface area contributed by atoms with Gasteiger partial charge in [-0.25, -0.2) is 4.98 Å². The highest BCUT2D eigenvalue weighted by Gasteiger charge is 2.47. The first kappa shape index (κ1) is 15.5. The Balaban J connectivity index is 1.41. The maximum atomic E-state index is 10.3. The minimum atomic E-state index is -0.763. The van der Waals surface area contributed by atoms with Crippen molar-refractivity contribution in [1.82, 2.24) is 9.88 Å². The summed E-state index contributed by atoms with van der Waals surface area (Å²) in [4.78, 5) is 7.06. The Morgan fingerprint density at radius 2 is 2.04 bits per heavy atom. The van der Waals surface area contributed by atoms with Gasteiger partial charge in [-0.3, -0.25) is 4.90 Å². The molecule has 2 aromatic rings. The number of benzene rings is 1. The number of fused-ring (bicyclic) bond motifs is 1. The standard InChI is InChI=1S/C17H22N2O3S/c20-13-5-10-22-17(16(13)21)6-8-19(9-7-17)11-15-18-12-3-1-2-4-14(12)23-15/h1-4,13,16,20-21H,5-11H2/t13-,16-/m0/s1. The molecule has 0 radical (unpaired) electrons. The van der Waals surface area contributed by atoms with Gasteiger partial charge in [-0.1, -0.05) is 12.1 Å². The van der Waals surface area contributed by atoms with Gasteiger partial charge in [0, 0.05) is 13.1 Å². The van der Waals surface area contributed by atoms with E-state index < -0.39 is 17.8 Å². The number of hydrogen-bond acceptors (Lipinski definition) is 6. The van der Waals surface area contributed by atoms with E-state index in [2.05, 4.69) is 11.0 Å². The fourth-order valence-electron chi connectivity index (χ4n) is 3.69. The second-order valence-electron chi connectivity index (χ2n) is 6.57. The van der Waals surface area contributed by atoms with Crippen molar-refractivity contribution < 1.29 is 14.9 Å². The minimum Gasteiger partial charge on any atom is -0.390 e. The van der Waals surface area contributed by atoms with Crippen LogP contribution >= 0.6 is 11.3 Å². The zero-order chi connectivity index (χ0) is 15.9. The zero-order valence-corrected chi connectivity index (χ0v) is 13.8. The van der Waals surface area contributed by atoms with Gasteiger partial charge in [0.25, 0.3) is 0 Å². The molecule has 2 aliphatic rings. The van der Waals surface area contributed by atoms with Crippen molar-refractivity contribution in [3.05, 3.63) is 29.3 Å². The summed E-state index contributed by atoms with van der Waals surface area (Å²) < 4.78 is 7.11. The van der Waals surface area contributed by atoms with E-state index in [-0.39, 0.29) is 0 Å². The van der Waals surface area contributed by atoms with Crippen LogP contribution in [-0.2, 0) is 11.3 Å². The lowest BCUT2D eigenvalue weighted by molar-refractivity contribution is -0.214. The van der Waals surface area contributed by atoms with E-state index in [0.717, 1.165) is 43.0 Å². The molecule has 0 saturated carbocycles. The van der Waals surface area contributed by atoms with E-state index in [1.165, 1.54) is 4.70 Å². The van der Waals surface area contributed by atoms with Crippen molar-refractivity contribution >= 4 is 21.6 Å². The number of ether oxygens (including phenoxy) is 1. The summed E-state index contributed by atoms with van der Waals surface area (Å²) >= 11 is 1.75. The highest BCUT2D eigenvalue weighted by atomic mass is 32.1. The summed E-state index contributed by atoms with van der Waals surface area (Å²) in [6.45, 7) is 3.10. The van der Waals surface area contributed by atoms with Crippen LogP contribution in [0.1, 0.15) is 24.3 Å². The maximum Gasteiger partial charge on any atom is 0.109 e. The quantitative estimate of drug-likeness (QED) is 0.876. The molecule has 0 amide bonds. The van der Waals surface area contributed by atoms with Gasteiger partial charge in [-0.15, -0.1) is 11.3 Å². The molecule has 124 valence electrons. The first-order valence-electron chi connectivity index (χ1n) is 8.23. The van der Waals surface area contributed by atoms with Crippen molar-refractivity contribution in [2.45, 2.75) is 43.6 Å². The predicted octanol–water partition coefficient (Wildman–Crippen LogP) is 1.77. The first-order chi connectivity index (χ1) is 11.2. The number of piperidine rings is 1. The van der Waals surface area contributed by atoms with Crippen LogP contribution < -0.4 is 0 Å². The highest BCUT2D eigenvalue weighted by molar-refractivity contribution is 7.18. The van der Waals surface area contributed by atoms with E-state index in [1.54, 1.807) is 11.3 Å². The van der Waals surface area contributed by atoms with Crippen LogP contribution in [0, 0.1) is 0 Å². The van der Waals surface area contributed by atoms with E-state index in [4.69, 9.17) is 9.72 Å². The minimum absolute atomic E-state index is 0.526. The fourth-order valence-corrected chi connectivity index (χ4v) is 4.70. The number of thiazole rings is 1. The number of likely N-dealkylation sites (tertiary alicyclic amines) is 1. The zero-order valence-electron chi connectivity index (χ0n) is 13.0. The van der Waals surface area contributed by atoms with Gasteiger partial charge in [0.1, 0.15) is 11.1 Å². The summed E-state index contributed by atoms with van der Waals surface area (Å²) in [5.74, 6) is 0. The monoisotopic (exact) mass is 334 g/mol. The summed E-state index contributed by atoms with van der Waals surface area (Å²) in [6, 6.07) is 8.22. The number of aliphatic hydroxyl groups excluding tert-OH is 2. The molecular formula is C17H22N2O3S. The van der Waals surface area contributed by atoms with E-state index in [9.17, 15) is 10.2 Å². The molecule has 2 aliphatic heterocycles. The van der Waals surface area contributed by atoms with Gasteiger partial charge in [-0.2, -0.15) is 0 Å². The lowest BCUT2D eigenvalue weighted by Crippen LogP contribution is -2.59. The Hall–Kier alpha value is -1.05. The number of aromatic nitrogens is 1. The average molecular weight is 334 g/mol. The van der Waals surface area contributed by atoms with Crippen molar-refractivity contribution in [3.8, 4) is 0 Å². The summed E-state index contributed by atoms with van der Waals surface area (Å²) in [5.41, 5.74) is 0.511. The molecule has 5 nitrogen and oxygen atoms in total. The van der Waals surface area contributed by atoms with Crippen LogP contribution in [0.4, 0.5) is 0 Å². The number of aliphatic hydroxyl groups is 2. The Kier molecular flexibility index (Phi) is 4.11. The van der Waals surface area contributed by atoms with E-state index >= 15 is 0 Å². The molecule has 1 aromatic carbocycles. The summed E-state index contributed by atoms with van der Waals surface area (Å²) in [5, 5.41) is 21.4. The SMILES string of the molecule is O[C@H]1CCOC2(CCN(Cc3nc4ccccc4s3)CC2)[C@H]1O. The first-order valence-corrected chi connectivity index (χ1v) is 9.05. The predicted molar refractivity (Wildman–Crippen MR) is 89.4 cm³/mol. The molecule has 0 aliphatic carbocycles. The lowest BCUT2D eigenvalue weighted by Gasteiger charge is -2.48. The maximum absolute atomic E-state index is 10.3.